The van der Waals surface area contributed by atoms with Gasteiger partial charge in [-0.25, -0.2) is 17.9 Å². The fourth-order valence-electron chi connectivity index (χ4n) is 1.37. The van der Waals surface area contributed by atoms with E-state index in [4.69, 9.17) is 16.3 Å². The van der Waals surface area contributed by atoms with Crippen molar-refractivity contribution in [3.8, 4) is 5.75 Å². The van der Waals surface area contributed by atoms with Crippen molar-refractivity contribution in [3.05, 3.63) is 17.2 Å². The highest BCUT2D eigenvalue weighted by Crippen LogP contribution is 2.36. The number of methoxy groups -OCH3 is 1. The summed E-state index contributed by atoms with van der Waals surface area (Å²) in [4.78, 5) is 11.0. The first-order chi connectivity index (χ1) is 7.44. The van der Waals surface area contributed by atoms with Crippen LogP contribution < -0.4 is 14.8 Å². The number of urea groups is 1. The Morgan fingerprint density at radius 3 is 2.69 bits per heavy atom. The zero-order chi connectivity index (χ0) is 11.9. The van der Waals surface area contributed by atoms with Crippen molar-refractivity contribution in [1.29, 1.82) is 0 Å². The summed E-state index contributed by atoms with van der Waals surface area (Å²) < 4.78 is 30.0. The van der Waals surface area contributed by atoms with Crippen molar-refractivity contribution >= 4 is 33.3 Å². The number of benzene rings is 1. The molecule has 16 heavy (non-hydrogen) atoms. The van der Waals surface area contributed by atoms with E-state index in [1.807, 2.05) is 0 Å². The minimum Gasteiger partial charge on any atom is -0.494 e. The first-order valence-corrected chi connectivity index (χ1v) is 6.01. The molecule has 0 saturated carbocycles. The molecule has 1 aliphatic heterocycles. The smallest absolute Gasteiger partial charge is 0.333 e. The second-order valence-corrected chi connectivity index (χ2v) is 5.13. The fourth-order valence-corrected chi connectivity index (χ4v) is 2.75. The number of hydrogen-bond acceptors (Lipinski definition) is 4. The van der Waals surface area contributed by atoms with E-state index in [1.165, 1.54) is 19.2 Å². The number of carbonyl (C=O) groups excluding carboxylic acids is 1. The molecule has 0 radical (unpaired) electrons. The van der Waals surface area contributed by atoms with Gasteiger partial charge in [0, 0.05) is 11.1 Å². The van der Waals surface area contributed by atoms with E-state index in [0.29, 0.717) is 0 Å². The van der Waals surface area contributed by atoms with Crippen LogP contribution in [0.15, 0.2) is 17.0 Å². The summed E-state index contributed by atoms with van der Waals surface area (Å²) in [7, 11) is -2.52. The number of anilines is 1. The zero-order valence-electron chi connectivity index (χ0n) is 8.07. The molecule has 86 valence electrons. The molecule has 1 aromatic carbocycles. The molecule has 1 aromatic rings. The quantitative estimate of drug-likeness (QED) is 0.796. The van der Waals surface area contributed by atoms with Crippen molar-refractivity contribution in [2.75, 3.05) is 12.4 Å². The second-order valence-electron chi connectivity index (χ2n) is 3.04. The van der Waals surface area contributed by atoms with Crippen LogP contribution >= 0.6 is 11.6 Å². The average molecular weight is 263 g/mol. The van der Waals surface area contributed by atoms with Gasteiger partial charge in [-0.2, -0.15) is 0 Å². The summed E-state index contributed by atoms with van der Waals surface area (Å²) >= 11 is 5.74. The van der Waals surface area contributed by atoms with Gasteiger partial charge < -0.3 is 10.1 Å². The van der Waals surface area contributed by atoms with Crippen molar-refractivity contribution in [1.82, 2.24) is 4.72 Å². The van der Waals surface area contributed by atoms with Gasteiger partial charge in [0.2, 0.25) is 0 Å². The highest BCUT2D eigenvalue weighted by atomic mass is 35.5. The van der Waals surface area contributed by atoms with E-state index < -0.39 is 16.1 Å². The Labute approximate surface area is 96.6 Å². The Hall–Kier alpha value is -1.47. The molecule has 1 heterocycles. The Morgan fingerprint density at radius 1 is 1.38 bits per heavy atom. The van der Waals surface area contributed by atoms with E-state index in [9.17, 15) is 13.2 Å². The highest BCUT2D eigenvalue weighted by Gasteiger charge is 2.30. The summed E-state index contributed by atoms with van der Waals surface area (Å²) in [5, 5.41) is 2.56. The molecular formula is C8H7ClN2O4S. The van der Waals surface area contributed by atoms with Gasteiger partial charge in [-0.05, 0) is 6.07 Å². The summed E-state index contributed by atoms with van der Waals surface area (Å²) in [6.07, 6.45) is 0. The van der Waals surface area contributed by atoms with E-state index in [1.54, 1.807) is 4.72 Å². The molecule has 0 atom stereocenters. The van der Waals surface area contributed by atoms with Crippen LogP contribution in [0.2, 0.25) is 5.02 Å². The lowest BCUT2D eigenvalue weighted by Gasteiger charge is -2.20. The first-order valence-electron chi connectivity index (χ1n) is 4.15. The first kappa shape index (κ1) is 11.0. The number of fused-ring (bicyclic) bond motifs is 1. The third kappa shape index (κ3) is 1.68. The lowest BCUT2D eigenvalue weighted by atomic mass is 10.3. The molecule has 0 unspecified atom stereocenters. The molecule has 2 amide bonds. The maximum atomic E-state index is 11.6. The standard InChI is InChI=1S/C8H7ClN2O4S/c1-15-5-2-4(9)3-6-7(5)10-8(12)11-16(6,13)14/h2-3H,1H3,(H2,10,11,12). The van der Waals surface area contributed by atoms with E-state index in [-0.39, 0.29) is 21.4 Å². The molecule has 0 aromatic heterocycles. The molecule has 8 heteroatoms. The van der Waals surface area contributed by atoms with Gasteiger partial charge in [-0.1, -0.05) is 11.6 Å². The van der Waals surface area contributed by atoms with Crippen LogP contribution in [-0.4, -0.2) is 21.6 Å². The maximum Gasteiger partial charge on any atom is 0.333 e. The van der Waals surface area contributed by atoms with Gasteiger partial charge in [0.05, 0.1) is 7.11 Å². The monoisotopic (exact) mass is 262 g/mol. The van der Waals surface area contributed by atoms with E-state index in [0.717, 1.165) is 0 Å². The van der Waals surface area contributed by atoms with Crippen molar-refractivity contribution < 1.29 is 17.9 Å². The number of sulfonamides is 1. The Kier molecular flexibility index (Phi) is 2.43. The minimum atomic E-state index is -3.87. The molecule has 0 aliphatic carbocycles. The molecule has 0 spiro atoms. The van der Waals surface area contributed by atoms with E-state index >= 15 is 0 Å². The predicted molar refractivity (Wildman–Crippen MR) is 57.3 cm³/mol. The molecule has 0 fully saturated rings. The third-order valence-electron chi connectivity index (χ3n) is 2.01. The Bertz CT molecular complexity index is 570. The second kappa shape index (κ2) is 3.53. The zero-order valence-corrected chi connectivity index (χ0v) is 9.65. The molecule has 2 rings (SSSR count). The summed E-state index contributed by atoms with van der Waals surface area (Å²) in [5.41, 5.74) is 0.0932. The largest absolute Gasteiger partial charge is 0.494 e. The van der Waals surface area contributed by atoms with Gasteiger partial charge in [-0.15, -0.1) is 0 Å². The van der Waals surface area contributed by atoms with Crippen LogP contribution in [-0.2, 0) is 10.0 Å². The number of rotatable bonds is 1. The molecule has 0 bridgehead atoms. The maximum absolute atomic E-state index is 11.6. The van der Waals surface area contributed by atoms with Gasteiger partial charge >= 0.3 is 6.03 Å². The average Bonchev–Trinajstić information content (AvgIpc) is 2.17. The molecule has 0 saturated heterocycles. The lowest BCUT2D eigenvalue weighted by molar-refractivity contribution is 0.256. The topological polar surface area (TPSA) is 84.5 Å². The van der Waals surface area contributed by atoms with Crippen molar-refractivity contribution in [3.63, 3.8) is 0 Å². The summed E-state index contributed by atoms with van der Waals surface area (Å²) in [6.45, 7) is 0. The van der Waals surface area contributed by atoms with E-state index in [2.05, 4.69) is 5.32 Å². The molecular weight excluding hydrogens is 256 g/mol. The molecule has 1 aliphatic rings. The van der Waals surface area contributed by atoms with Gasteiger partial charge in [0.25, 0.3) is 10.0 Å². The number of ether oxygens (including phenoxy) is 1. The summed E-state index contributed by atoms with van der Waals surface area (Å²) in [6, 6.07) is 1.83. The van der Waals surface area contributed by atoms with Crippen LogP contribution in [0.3, 0.4) is 0 Å². The number of halogens is 1. The Balaban J connectivity index is 2.76. The van der Waals surface area contributed by atoms with Crippen LogP contribution in [0.25, 0.3) is 0 Å². The number of nitrogens with one attached hydrogen (secondary N) is 2. The van der Waals surface area contributed by atoms with Crippen LogP contribution in [0.1, 0.15) is 0 Å². The van der Waals surface area contributed by atoms with Crippen LogP contribution in [0, 0.1) is 0 Å². The van der Waals surface area contributed by atoms with Crippen LogP contribution in [0.5, 0.6) is 5.75 Å². The van der Waals surface area contributed by atoms with Crippen molar-refractivity contribution in [2.24, 2.45) is 0 Å². The van der Waals surface area contributed by atoms with Crippen molar-refractivity contribution in [2.45, 2.75) is 4.90 Å². The van der Waals surface area contributed by atoms with Gasteiger partial charge in [0.15, 0.2) is 0 Å². The van der Waals surface area contributed by atoms with Gasteiger partial charge in [-0.3, -0.25) is 0 Å². The number of carbonyl (C=O) groups is 1. The normalized spacial score (nSPS) is 17.0. The predicted octanol–water partition coefficient (Wildman–Crippen LogP) is 1.17. The summed E-state index contributed by atoms with van der Waals surface area (Å²) in [5.74, 6) is 0.195. The molecule has 6 nitrogen and oxygen atoms in total. The Morgan fingerprint density at radius 2 is 2.06 bits per heavy atom. The fraction of sp³-hybridized carbons (Fsp3) is 0.125. The number of amides is 2. The highest BCUT2D eigenvalue weighted by molar-refractivity contribution is 7.90. The van der Waals surface area contributed by atoms with Gasteiger partial charge in [0.1, 0.15) is 16.3 Å². The lowest BCUT2D eigenvalue weighted by Crippen LogP contribution is -2.39. The van der Waals surface area contributed by atoms with Crippen LogP contribution in [0.4, 0.5) is 10.5 Å². The third-order valence-corrected chi connectivity index (χ3v) is 3.58. The molecule has 2 N–H and O–H groups in total. The number of hydrogen-bond donors (Lipinski definition) is 2. The minimum absolute atomic E-state index is 0.0932. The SMILES string of the molecule is COc1cc(Cl)cc2c1NC(=O)NS2(=O)=O.